The maximum atomic E-state index is 12.1. The molecule has 0 aromatic heterocycles. The third-order valence-corrected chi connectivity index (χ3v) is 5.26. The molecule has 1 N–H and O–H groups in total. The maximum absolute atomic E-state index is 12.1. The van der Waals surface area contributed by atoms with Crippen LogP contribution in [0.25, 0.3) is 0 Å². The molecule has 1 aromatic rings. The first kappa shape index (κ1) is 14.7. The number of carbonyl (C=O) groups excluding carboxylic acids is 2. The van der Waals surface area contributed by atoms with E-state index >= 15 is 0 Å². The molecule has 3 aliphatic rings. The van der Waals surface area contributed by atoms with Crippen LogP contribution in [0.2, 0.25) is 0 Å². The predicted molar refractivity (Wildman–Crippen MR) is 87.0 cm³/mol. The van der Waals surface area contributed by atoms with Crippen LogP contribution in [0, 0.1) is 0 Å². The summed E-state index contributed by atoms with van der Waals surface area (Å²) in [6, 6.07) is 5.42. The molecule has 122 valence electrons. The molecule has 6 nitrogen and oxygen atoms in total. The lowest BCUT2D eigenvalue weighted by Crippen LogP contribution is -2.34. The van der Waals surface area contributed by atoms with Gasteiger partial charge in [0.05, 0.1) is 0 Å². The minimum Gasteiger partial charge on any atom is -0.448 e. The van der Waals surface area contributed by atoms with E-state index in [0.29, 0.717) is 18.0 Å². The van der Waals surface area contributed by atoms with Crippen LogP contribution >= 0.6 is 11.8 Å². The summed E-state index contributed by atoms with van der Waals surface area (Å²) in [4.78, 5) is 25.2. The van der Waals surface area contributed by atoms with E-state index in [0.717, 1.165) is 37.2 Å². The highest BCUT2D eigenvalue weighted by Crippen LogP contribution is 2.47. The summed E-state index contributed by atoms with van der Waals surface area (Å²) in [6.45, 7) is 0.713. The van der Waals surface area contributed by atoms with Gasteiger partial charge in [-0.05, 0) is 25.0 Å². The number of rotatable bonds is 3. The van der Waals surface area contributed by atoms with Crippen molar-refractivity contribution in [1.29, 1.82) is 0 Å². The van der Waals surface area contributed by atoms with Gasteiger partial charge in [0.15, 0.2) is 11.5 Å². The van der Waals surface area contributed by atoms with Crippen LogP contribution in [0.15, 0.2) is 18.2 Å². The molecule has 4 rings (SSSR count). The second-order valence-corrected chi connectivity index (χ2v) is 7.11. The molecule has 2 fully saturated rings. The van der Waals surface area contributed by atoms with E-state index in [2.05, 4.69) is 5.32 Å². The first-order valence-corrected chi connectivity index (χ1v) is 8.86. The lowest BCUT2D eigenvalue weighted by atomic mass is 10.2. The zero-order valence-electron chi connectivity index (χ0n) is 12.7. The van der Waals surface area contributed by atoms with E-state index < -0.39 is 5.79 Å². The van der Waals surface area contributed by atoms with Crippen LogP contribution in [0.3, 0.4) is 0 Å². The zero-order chi connectivity index (χ0) is 15.9. The second kappa shape index (κ2) is 5.63. The van der Waals surface area contributed by atoms with Gasteiger partial charge in [-0.15, -0.1) is 0 Å². The smallest absolute Gasteiger partial charge is 0.282 e. The number of fused-ring (bicyclic) bond motifs is 1. The molecule has 0 bridgehead atoms. The Hall–Kier alpha value is -1.89. The fraction of sp³-hybridized carbons (Fsp3) is 0.500. The van der Waals surface area contributed by atoms with Crippen molar-refractivity contribution < 1.29 is 19.1 Å². The molecule has 0 atom stereocenters. The molecule has 0 unspecified atom stereocenters. The van der Waals surface area contributed by atoms with Gasteiger partial charge in [0.1, 0.15) is 6.54 Å². The number of nitrogens with zero attached hydrogens (tertiary/aromatic N) is 1. The van der Waals surface area contributed by atoms with Crippen molar-refractivity contribution in [2.75, 3.05) is 24.2 Å². The third-order valence-electron chi connectivity index (χ3n) is 4.36. The Bertz CT molecular complexity index is 657. The Kier molecular flexibility index (Phi) is 3.60. The molecule has 1 aromatic carbocycles. The minimum absolute atomic E-state index is 0.0333. The summed E-state index contributed by atoms with van der Waals surface area (Å²) in [7, 11) is 0. The molecule has 7 heteroatoms. The molecule has 2 heterocycles. The van der Waals surface area contributed by atoms with E-state index in [1.165, 1.54) is 11.8 Å². The first-order chi connectivity index (χ1) is 11.1. The Balaban J connectivity index is 1.41. The van der Waals surface area contributed by atoms with Crippen molar-refractivity contribution in [3.05, 3.63) is 18.2 Å². The predicted octanol–water partition coefficient (Wildman–Crippen LogP) is 2.84. The monoisotopic (exact) mass is 334 g/mol. The van der Waals surface area contributed by atoms with E-state index in [1.54, 1.807) is 17.0 Å². The zero-order valence-corrected chi connectivity index (χ0v) is 13.5. The van der Waals surface area contributed by atoms with Gasteiger partial charge in [-0.2, -0.15) is 0 Å². The molecule has 1 spiro atoms. The molecule has 1 aliphatic carbocycles. The molecule has 1 saturated heterocycles. The van der Waals surface area contributed by atoms with Gasteiger partial charge in [0.25, 0.3) is 11.0 Å². The molecule has 1 saturated carbocycles. The summed E-state index contributed by atoms with van der Waals surface area (Å²) in [5.74, 6) is 1.46. The summed E-state index contributed by atoms with van der Waals surface area (Å²) in [5, 5.41) is 2.79. The number of thioether (sulfide) groups is 1. The second-order valence-electron chi connectivity index (χ2n) is 6.07. The number of anilines is 1. The van der Waals surface area contributed by atoms with Crippen molar-refractivity contribution in [2.45, 2.75) is 31.5 Å². The van der Waals surface area contributed by atoms with E-state index in [4.69, 9.17) is 9.47 Å². The van der Waals surface area contributed by atoms with Crippen LogP contribution in [-0.4, -0.2) is 40.7 Å². The SMILES string of the molecule is O=C(CN1CCSC1=O)Nc1ccc2c(c1)OC1(CCCC1)O2. The fourth-order valence-electron chi connectivity index (χ4n) is 3.23. The minimum atomic E-state index is -0.496. The highest BCUT2D eigenvalue weighted by molar-refractivity contribution is 8.13. The summed E-state index contributed by atoms with van der Waals surface area (Å²) in [5.41, 5.74) is 0.659. The van der Waals surface area contributed by atoms with Crippen LogP contribution in [-0.2, 0) is 4.79 Å². The van der Waals surface area contributed by atoms with Crippen LogP contribution in [0.4, 0.5) is 10.5 Å². The van der Waals surface area contributed by atoms with Gasteiger partial charge in [-0.1, -0.05) is 11.8 Å². The number of nitrogens with one attached hydrogen (secondary N) is 1. The summed E-state index contributed by atoms with van der Waals surface area (Å²) < 4.78 is 11.9. The molecule has 0 radical (unpaired) electrons. The lowest BCUT2D eigenvalue weighted by Gasteiger charge is -2.21. The van der Waals surface area contributed by atoms with Gasteiger partial charge in [0, 0.05) is 36.9 Å². The average Bonchev–Trinajstić information content (AvgIpc) is 3.21. The highest BCUT2D eigenvalue weighted by atomic mass is 32.2. The topological polar surface area (TPSA) is 67.9 Å². The van der Waals surface area contributed by atoms with Gasteiger partial charge in [0.2, 0.25) is 5.91 Å². The van der Waals surface area contributed by atoms with Gasteiger partial charge < -0.3 is 19.7 Å². The van der Waals surface area contributed by atoms with Gasteiger partial charge in [-0.3, -0.25) is 9.59 Å². The summed E-state index contributed by atoms with van der Waals surface area (Å²) >= 11 is 1.25. The van der Waals surface area contributed by atoms with E-state index in [-0.39, 0.29) is 17.7 Å². The first-order valence-electron chi connectivity index (χ1n) is 7.87. The van der Waals surface area contributed by atoms with Crippen molar-refractivity contribution >= 4 is 28.6 Å². The van der Waals surface area contributed by atoms with Crippen molar-refractivity contribution in [1.82, 2.24) is 4.90 Å². The Morgan fingerprint density at radius 2 is 2.04 bits per heavy atom. The number of ether oxygens (including phenoxy) is 2. The van der Waals surface area contributed by atoms with Crippen molar-refractivity contribution in [3.63, 3.8) is 0 Å². The molecular weight excluding hydrogens is 316 g/mol. The van der Waals surface area contributed by atoms with Crippen molar-refractivity contribution in [3.8, 4) is 11.5 Å². The van der Waals surface area contributed by atoms with Gasteiger partial charge >= 0.3 is 0 Å². The standard InChI is InChI=1S/C16H18N2O4S/c19-14(10-18-7-8-23-15(18)20)17-11-3-4-12-13(9-11)22-16(21-12)5-1-2-6-16/h3-4,9H,1-2,5-8,10H2,(H,17,19). The normalized spacial score (nSPS) is 21.2. The average molecular weight is 334 g/mol. The van der Waals surface area contributed by atoms with E-state index in [9.17, 15) is 9.59 Å². The Morgan fingerprint density at radius 3 is 2.78 bits per heavy atom. The number of benzene rings is 1. The quantitative estimate of drug-likeness (QED) is 0.920. The van der Waals surface area contributed by atoms with E-state index in [1.807, 2.05) is 6.07 Å². The van der Waals surface area contributed by atoms with Crippen LogP contribution < -0.4 is 14.8 Å². The molecule has 23 heavy (non-hydrogen) atoms. The van der Waals surface area contributed by atoms with Crippen LogP contribution in [0.1, 0.15) is 25.7 Å². The molecule has 2 amide bonds. The largest absolute Gasteiger partial charge is 0.448 e. The van der Waals surface area contributed by atoms with Gasteiger partial charge in [-0.25, -0.2) is 0 Å². The highest BCUT2D eigenvalue weighted by Gasteiger charge is 2.44. The Labute approximate surface area is 138 Å². The lowest BCUT2D eigenvalue weighted by molar-refractivity contribution is -0.116. The number of hydrogen-bond donors (Lipinski definition) is 1. The molecular formula is C16H18N2O4S. The molecule has 2 aliphatic heterocycles. The maximum Gasteiger partial charge on any atom is 0.282 e. The number of amides is 2. The fourth-order valence-corrected chi connectivity index (χ4v) is 4.06. The Morgan fingerprint density at radius 1 is 1.26 bits per heavy atom. The van der Waals surface area contributed by atoms with Crippen molar-refractivity contribution in [2.24, 2.45) is 0 Å². The van der Waals surface area contributed by atoms with Crippen LogP contribution in [0.5, 0.6) is 11.5 Å². The third kappa shape index (κ3) is 2.85. The summed E-state index contributed by atoms with van der Waals surface area (Å²) in [6.07, 6.45) is 4.02. The number of hydrogen-bond acceptors (Lipinski definition) is 5. The number of carbonyl (C=O) groups is 2.